The summed E-state index contributed by atoms with van der Waals surface area (Å²) >= 11 is 1.13. The molecule has 0 unspecified atom stereocenters. The fraction of sp³-hybridized carbons (Fsp3) is 0.348. The van der Waals surface area contributed by atoms with Crippen LogP contribution in [-0.2, 0) is 5.54 Å². The highest BCUT2D eigenvalue weighted by molar-refractivity contribution is 8.15. The normalized spacial score (nSPS) is 21.5. The molecule has 10 radical (unpaired) electrons. The molecule has 4 heterocycles. The van der Waals surface area contributed by atoms with Crippen molar-refractivity contribution in [2.24, 2.45) is 10.7 Å². The van der Waals surface area contributed by atoms with Crippen molar-refractivity contribution in [3.63, 3.8) is 0 Å². The van der Waals surface area contributed by atoms with Gasteiger partial charge in [-0.25, -0.2) is 24.3 Å². The lowest BCUT2D eigenvalue weighted by molar-refractivity contribution is 0.285. The number of nitrogens with one attached hydrogen (secondary N) is 1. The van der Waals surface area contributed by atoms with E-state index in [2.05, 4.69) is 42.1 Å². The van der Waals surface area contributed by atoms with Crippen LogP contribution >= 0.6 is 11.8 Å². The van der Waals surface area contributed by atoms with Crippen molar-refractivity contribution in [3.05, 3.63) is 42.2 Å². The summed E-state index contributed by atoms with van der Waals surface area (Å²) in [6, 6.07) is 3.11. The Balaban J connectivity index is 1.63. The van der Waals surface area contributed by atoms with Gasteiger partial charge in [0.15, 0.2) is 11.0 Å². The van der Waals surface area contributed by atoms with Crippen molar-refractivity contribution >= 4 is 78.7 Å². The van der Waals surface area contributed by atoms with Gasteiger partial charge in [0, 0.05) is 11.8 Å². The van der Waals surface area contributed by atoms with E-state index in [1.165, 1.54) is 24.7 Å². The number of nitrogens with zero attached hydrogens (tertiary/aromatic N) is 5. The molecule has 0 amide bonds. The van der Waals surface area contributed by atoms with Crippen LogP contribution in [0.2, 0.25) is 5.11 Å². The number of nitrogens with two attached hydrogens (primary N) is 1. The van der Waals surface area contributed by atoms with E-state index in [4.69, 9.17) is 49.7 Å². The number of anilines is 2. The zero-order valence-corrected chi connectivity index (χ0v) is 21.9. The summed E-state index contributed by atoms with van der Waals surface area (Å²) < 4.78 is 33.3. The maximum absolute atomic E-state index is 14.9. The third kappa shape index (κ3) is 6.88. The number of halogens is 2. The summed E-state index contributed by atoms with van der Waals surface area (Å²) in [7, 11) is 27.8. The second-order valence-corrected chi connectivity index (χ2v) is 11.2. The first-order valence-corrected chi connectivity index (χ1v) is 12.2. The molecule has 1 aliphatic rings. The first kappa shape index (κ1) is 28.8. The molecule has 3 aromatic heterocycles. The number of thioether (sulfide) groups is 1. The van der Waals surface area contributed by atoms with Crippen molar-refractivity contribution in [1.29, 1.82) is 0 Å². The molecule has 0 saturated heterocycles. The molecule has 0 spiro atoms. The van der Waals surface area contributed by atoms with Crippen LogP contribution < -0.4 is 15.8 Å². The Labute approximate surface area is 235 Å². The molecule has 3 N–H and O–H groups in total. The minimum absolute atomic E-state index is 0.0456. The number of amidine groups is 1. The van der Waals surface area contributed by atoms with E-state index < -0.39 is 33.4 Å². The maximum Gasteiger partial charge on any atom is 0.232 e. The van der Waals surface area contributed by atoms with Gasteiger partial charge in [0.2, 0.25) is 11.8 Å². The lowest BCUT2D eigenvalue weighted by atomic mass is 9.43. The molecule has 1 aliphatic heterocycles. The number of hydrogen-bond donors (Lipinski definition) is 2. The van der Waals surface area contributed by atoms with Crippen LogP contribution in [0.3, 0.4) is 0 Å². The SMILES string of the molecule is [B]C([B])([B])C#CC([B])([B])Oc1cnc2c(Nc3cnc(F)c([C@]4(C)C[C@](C)(CF)SC(N)=N4)c3)nccc2n1. The molecule has 16 heteroatoms. The predicted molar refractivity (Wildman–Crippen MR) is 153 cm³/mol. The number of aliphatic imine (C=N–C) groups is 1. The van der Waals surface area contributed by atoms with Crippen LogP contribution in [0, 0.1) is 17.8 Å². The van der Waals surface area contributed by atoms with Gasteiger partial charge in [0.1, 0.15) is 27.9 Å². The van der Waals surface area contributed by atoms with Crippen LogP contribution in [-0.4, -0.2) is 81.2 Å². The van der Waals surface area contributed by atoms with Crippen LogP contribution in [0.25, 0.3) is 11.0 Å². The van der Waals surface area contributed by atoms with E-state index in [9.17, 15) is 8.78 Å². The molecule has 2 atom stereocenters. The lowest BCUT2D eigenvalue weighted by Gasteiger charge is -2.39. The second-order valence-electron chi connectivity index (χ2n) is 9.59. The summed E-state index contributed by atoms with van der Waals surface area (Å²) in [5.41, 5.74) is 6.08. The molecule has 0 aliphatic carbocycles. The van der Waals surface area contributed by atoms with E-state index in [1.54, 1.807) is 19.9 Å². The third-order valence-electron chi connectivity index (χ3n) is 5.58. The second kappa shape index (κ2) is 10.4. The minimum atomic E-state index is -2.01. The van der Waals surface area contributed by atoms with E-state index in [0.29, 0.717) is 16.7 Å². The minimum Gasteiger partial charge on any atom is -0.478 e. The van der Waals surface area contributed by atoms with Gasteiger partial charge >= 0.3 is 0 Å². The van der Waals surface area contributed by atoms with Gasteiger partial charge in [-0.15, -0.1) is 5.92 Å². The standard InChI is InChI=1S/C23H18B5F2N7OS/c1-20(11-29)10-21(2,37-19(31)39-20)13-7-12(8-34-17(13)30)35-18-16-14(3-6-32-18)36-15(9-33-16)38-23(27,28)5-4-22(24,25)26/h3,6-9H,10-11H2,1-2H3,(H2,31,37)(H,32,35)/t20-,21+/m1/s1. The van der Waals surface area contributed by atoms with Gasteiger partial charge in [-0.05, 0) is 32.4 Å². The highest BCUT2D eigenvalue weighted by Gasteiger charge is 2.43. The largest absolute Gasteiger partial charge is 0.478 e. The maximum atomic E-state index is 14.9. The Morgan fingerprint density at radius 2 is 1.90 bits per heavy atom. The van der Waals surface area contributed by atoms with Gasteiger partial charge in [-0.3, -0.25) is 4.99 Å². The molecule has 3 aromatic rings. The highest BCUT2D eigenvalue weighted by Crippen LogP contribution is 2.46. The Kier molecular flexibility index (Phi) is 7.69. The smallest absolute Gasteiger partial charge is 0.232 e. The van der Waals surface area contributed by atoms with Gasteiger partial charge in [-0.2, -0.15) is 4.39 Å². The van der Waals surface area contributed by atoms with Crippen molar-refractivity contribution in [3.8, 4) is 17.7 Å². The molecule has 186 valence electrons. The van der Waals surface area contributed by atoms with Crippen LogP contribution in [0.4, 0.5) is 20.3 Å². The first-order chi connectivity index (χ1) is 18.1. The van der Waals surface area contributed by atoms with Gasteiger partial charge < -0.3 is 15.8 Å². The Morgan fingerprint density at radius 3 is 2.59 bits per heavy atom. The summed E-state index contributed by atoms with van der Waals surface area (Å²) in [4.78, 5) is 21.3. The quantitative estimate of drug-likeness (QED) is 0.280. The summed E-state index contributed by atoms with van der Waals surface area (Å²) in [5, 5.41) is -0.587. The van der Waals surface area contributed by atoms with Crippen molar-refractivity contribution in [2.75, 3.05) is 12.0 Å². The fourth-order valence-corrected chi connectivity index (χ4v) is 5.22. The average Bonchev–Trinajstić information content (AvgIpc) is 2.82. The van der Waals surface area contributed by atoms with Crippen molar-refractivity contribution < 1.29 is 13.5 Å². The molecule has 0 saturated carbocycles. The van der Waals surface area contributed by atoms with Crippen molar-refractivity contribution in [2.45, 2.75) is 41.1 Å². The molecule has 0 fully saturated rings. The average molecular weight is 533 g/mol. The molecule has 0 aromatic carbocycles. The first-order valence-electron chi connectivity index (χ1n) is 11.4. The Hall–Kier alpha value is -3.20. The van der Waals surface area contributed by atoms with E-state index >= 15 is 0 Å². The Bertz CT molecular complexity index is 1510. The van der Waals surface area contributed by atoms with Gasteiger partial charge in [-0.1, -0.05) is 22.8 Å². The fourth-order valence-electron chi connectivity index (χ4n) is 4.06. The summed E-state index contributed by atoms with van der Waals surface area (Å²) in [5.74, 6) is 4.10. The number of aromatic nitrogens is 4. The zero-order chi connectivity index (χ0) is 28.6. The van der Waals surface area contributed by atoms with Crippen LogP contribution in [0.15, 0.2) is 35.7 Å². The number of fused-ring (bicyclic) bond motifs is 1. The molecular formula is C23H18B5F2N7OS. The Morgan fingerprint density at radius 1 is 1.15 bits per heavy atom. The van der Waals surface area contributed by atoms with Crippen LogP contribution in [0.1, 0.15) is 25.8 Å². The molecule has 39 heavy (non-hydrogen) atoms. The van der Waals surface area contributed by atoms with Crippen molar-refractivity contribution in [1.82, 2.24) is 19.9 Å². The number of pyridine rings is 2. The molecular weight excluding hydrogens is 514 g/mol. The monoisotopic (exact) mass is 533 g/mol. The van der Waals surface area contributed by atoms with E-state index in [1.807, 2.05) is 0 Å². The topological polar surface area (TPSA) is 111 Å². The number of ether oxygens (including phenoxy) is 1. The molecule has 0 bridgehead atoms. The number of alkyl halides is 1. The van der Waals surface area contributed by atoms with E-state index in [0.717, 1.165) is 11.8 Å². The van der Waals surface area contributed by atoms with Crippen LogP contribution in [0.5, 0.6) is 5.88 Å². The summed E-state index contributed by atoms with van der Waals surface area (Å²) in [6.07, 6.45) is 4.23. The number of hydrogen-bond acceptors (Lipinski definition) is 9. The van der Waals surface area contributed by atoms with Gasteiger partial charge in [0.25, 0.3) is 0 Å². The predicted octanol–water partition coefficient (Wildman–Crippen LogP) is 1.65. The molecule has 4 rings (SSSR count). The highest BCUT2D eigenvalue weighted by atomic mass is 32.2. The van der Waals surface area contributed by atoms with E-state index in [-0.39, 0.29) is 28.8 Å². The number of rotatable bonds is 6. The molecule has 8 nitrogen and oxygen atoms in total. The third-order valence-corrected chi connectivity index (χ3v) is 6.62. The summed E-state index contributed by atoms with van der Waals surface area (Å²) in [6.45, 7) is 2.75. The lowest BCUT2D eigenvalue weighted by Crippen LogP contribution is -2.42. The zero-order valence-electron chi connectivity index (χ0n) is 21.1. The van der Waals surface area contributed by atoms with Gasteiger partial charge in [0.05, 0.1) is 62.8 Å².